The average Bonchev–Trinajstić information content (AvgIpc) is 2.55. The van der Waals surface area contributed by atoms with Gasteiger partial charge in [-0.15, -0.1) is 0 Å². The van der Waals surface area contributed by atoms with E-state index in [1.54, 1.807) is 0 Å². The summed E-state index contributed by atoms with van der Waals surface area (Å²) in [6, 6.07) is 0. The van der Waals surface area contributed by atoms with E-state index in [1.165, 1.54) is 70.3 Å². The molecular formula is C19H37NO4S. The average molecular weight is 376 g/mol. The Morgan fingerprint density at radius 2 is 1.40 bits per heavy atom. The van der Waals surface area contributed by atoms with Gasteiger partial charge in [0.05, 0.1) is 5.75 Å². The predicted octanol–water partition coefficient (Wildman–Crippen LogP) is 4.64. The highest BCUT2D eigenvalue weighted by Crippen LogP contribution is 2.11. The molecule has 1 amide bonds. The minimum Gasteiger partial charge on any atom is -0.353 e. The Labute approximate surface area is 154 Å². The van der Waals surface area contributed by atoms with Crippen LogP contribution < -0.4 is 5.32 Å². The first-order chi connectivity index (χ1) is 12.0. The molecule has 148 valence electrons. The summed E-state index contributed by atoms with van der Waals surface area (Å²) in [7, 11) is -3.93. The zero-order chi connectivity index (χ0) is 18.8. The summed E-state index contributed by atoms with van der Waals surface area (Å²) in [4.78, 5) is 11.5. The van der Waals surface area contributed by atoms with Gasteiger partial charge in [-0.3, -0.25) is 9.35 Å². The molecule has 0 aliphatic carbocycles. The van der Waals surface area contributed by atoms with Crippen LogP contribution in [0.25, 0.3) is 0 Å². The molecule has 0 aliphatic rings. The molecule has 0 bridgehead atoms. The second-order valence-corrected chi connectivity index (χ2v) is 8.23. The molecule has 5 nitrogen and oxygen atoms in total. The smallest absolute Gasteiger partial charge is 0.264 e. The monoisotopic (exact) mass is 375 g/mol. The van der Waals surface area contributed by atoms with Gasteiger partial charge in [-0.25, -0.2) is 0 Å². The summed E-state index contributed by atoms with van der Waals surface area (Å²) in [5.74, 6) is -0.533. The van der Waals surface area contributed by atoms with E-state index in [9.17, 15) is 13.2 Å². The Hall–Kier alpha value is -0.880. The fraction of sp³-hybridized carbons (Fsp3) is 0.842. The Balaban J connectivity index is 3.32. The molecule has 0 atom stereocenters. The molecule has 0 unspecified atom stereocenters. The van der Waals surface area contributed by atoms with Gasteiger partial charge in [0.1, 0.15) is 0 Å². The van der Waals surface area contributed by atoms with Crippen molar-refractivity contribution in [3.63, 3.8) is 0 Å². The van der Waals surface area contributed by atoms with Crippen LogP contribution in [-0.2, 0) is 14.9 Å². The maximum Gasteiger partial charge on any atom is 0.264 e. The normalized spacial score (nSPS) is 11.9. The highest BCUT2D eigenvalue weighted by atomic mass is 32.2. The minimum atomic E-state index is -3.93. The molecule has 0 saturated heterocycles. The quantitative estimate of drug-likeness (QED) is 0.220. The largest absolute Gasteiger partial charge is 0.353 e. The number of rotatable bonds is 17. The van der Waals surface area contributed by atoms with Crippen LogP contribution in [0.5, 0.6) is 0 Å². The molecule has 0 heterocycles. The summed E-state index contributed by atoms with van der Waals surface area (Å²) in [6.07, 6.45) is 18.9. The van der Waals surface area contributed by atoms with Gasteiger partial charge < -0.3 is 5.32 Å². The van der Waals surface area contributed by atoms with Crippen LogP contribution in [0.2, 0.25) is 0 Å². The van der Waals surface area contributed by atoms with Crippen molar-refractivity contribution in [2.24, 2.45) is 0 Å². The molecule has 0 aliphatic heterocycles. The number of unbranched alkanes of at least 4 members (excludes halogenated alkanes) is 11. The third kappa shape index (κ3) is 21.1. The number of carbonyl (C=O) groups is 1. The number of nitrogens with one attached hydrogen (secondary N) is 1. The Morgan fingerprint density at radius 3 is 1.92 bits per heavy atom. The standard InChI is InChI=1S/C19H37NO4S/c1-2-3-4-5-6-7-8-9-10-11-12-13-14-16-19(21)20-17-15-18-25(22,23)24/h14,16H,2-13,15,17-18H2,1H3,(H,20,21)(H,22,23,24)/b16-14+. The van der Waals surface area contributed by atoms with Gasteiger partial charge >= 0.3 is 0 Å². The first-order valence-corrected chi connectivity index (χ1v) is 11.5. The van der Waals surface area contributed by atoms with Crippen molar-refractivity contribution in [3.8, 4) is 0 Å². The molecule has 0 saturated carbocycles. The van der Waals surface area contributed by atoms with Gasteiger partial charge in [-0.05, 0) is 25.3 Å². The van der Waals surface area contributed by atoms with Crippen LogP contribution in [0.15, 0.2) is 12.2 Å². The molecule has 6 heteroatoms. The lowest BCUT2D eigenvalue weighted by molar-refractivity contribution is -0.116. The SMILES string of the molecule is CCCCCCCCCCCCC/C=C/C(=O)NCCCS(=O)(=O)O. The number of hydrogen-bond donors (Lipinski definition) is 2. The van der Waals surface area contributed by atoms with Crippen LogP contribution in [0.3, 0.4) is 0 Å². The highest BCUT2D eigenvalue weighted by molar-refractivity contribution is 7.85. The third-order valence-corrected chi connectivity index (χ3v) is 4.93. The van der Waals surface area contributed by atoms with E-state index in [-0.39, 0.29) is 24.6 Å². The molecular weight excluding hydrogens is 338 g/mol. The highest BCUT2D eigenvalue weighted by Gasteiger charge is 2.03. The second kappa shape index (κ2) is 16.6. The molecule has 0 spiro atoms. The maximum atomic E-state index is 11.5. The Bertz CT molecular complexity index is 446. The van der Waals surface area contributed by atoms with Crippen molar-refractivity contribution in [3.05, 3.63) is 12.2 Å². The van der Waals surface area contributed by atoms with Gasteiger partial charge in [0.15, 0.2) is 0 Å². The van der Waals surface area contributed by atoms with Crippen LogP contribution in [0.1, 0.15) is 90.4 Å². The van der Waals surface area contributed by atoms with Crippen molar-refractivity contribution < 1.29 is 17.8 Å². The maximum absolute atomic E-state index is 11.5. The predicted molar refractivity (Wildman–Crippen MR) is 104 cm³/mol. The van der Waals surface area contributed by atoms with Crippen LogP contribution >= 0.6 is 0 Å². The van der Waals surface area contributed by atoms with Crippen molar-refractivity contribution in [2.45, 2.75) is 90.4 Å². The van der Waals surface area contributed by atoms with E-state index in [1.807, 2.05) is 6.08 Å². The van der Waals surface area contributed by atoms with Gasteiger partial charge in [-0.1, -0.05) is 77.2 Å². The van der Waals surface area contributed by atoms with E-state index in [2.05, 4.69) is 12.2 Å². The van der Waals surface area contributed by atoms with Gasteiger partial charge in [-0.2, -0.15) is 8.42 Å². The van der Waals surface area contributed by atoms with Gasteiger partial charge in [0.25, 0.3) is 10.1 Å². The number of carbonyl (C=O) groups excluding carboxylic acids is 1. The van der Waals surface area contributed by atoms with Crippen molar-refractivity contribution in [2.75, 3.05) is 12.3 Å². The fourth-order valence-corrected chi connectivity index (χ4v) is 3.15. The second-order valence-electron chi connectivity index (χ2n) is 6.66. The number of amides is 1. The van der Waals surface area contributed by atoms with Crippen LogP contribution in [0, 0.1) is 0 Å². The molecule has 2 N–H and O–H groups in total. The van der Waals surface area contributed by atoms with Crippen molar-refractivity contribution in [1.82, 2.24) is 5.32 Å². The van der Waals surface area contributed by atoms with E-state index in [0.717, 1.165) is 12.8 Å². The summed E-state index contributed by atoms with van der Waals surface area (Å²) in [6.45, 7) is 2.50. The van der Waals surface area contributed by atoms with Crippen LogP contribution in [-0.4, -0.2) is 31.2 Å². The van der Waals surface area contributed by atoms with E-state index >= 15 is 0 Å². The topological polar surface area (TPSA) is 83.5 Å². The van der Waals surface area contributed by atoms with E-state index in [4.69, 9.17) is 4.55 Å². The summed E-state index contributed by atoms with van der Waals surface area (Å²) in [5.41, 5.74) is 0. The Kier molecular flexibility index (Phi) is 16.0. The minimum absolute atomic E-state index is 0.210. The third-order valence-electron chi connectivity index (χ3n) is 4.12. The molecule has 0 aromatic heterocycles. The van der Waals surface area contributed by atoms with E-state index < -0.39 is 10.1 Å². The first kappa shape index (κ1) is 24.1. The van der Waals surface area contributed by atoms with Crippen molar-refractivity contribution >= 4 is 16.0 Å². The van der Waals surface area contributed by atoms with Crippen molar-refractivity contribution in [1.29, 1.82) is 0 Å². The molecule has 0 aromatic rings. The Morgan fingerprint density at radius 1 is 0.880 bits per heavy atom. The molecule has 0 rings (SSSR count). The molecule has 0 radical (unpaired) electrons. The molecule has 25 heavy (non-hydrogen) atoms. The fourth-order valence-electron chi connectivity index (χ4n) is 2.64. The zero-order valence-electron chi connectivity index (χ0n) is 15.8. The summed E-state index contributed by atoms with van der Waals surface area (Å²) >= 11 is 0. The number of allylic oxidation sites excluding steroid dienone is 1. The lowest BCUT2D eigenvalue weighted by atomic mass is 10.1. The lowest BCUT2D eigenvalue weighted by Gasteiger charge is -2.02. The molecule has 0 fully saturated rings. The van der Waals surface area contributed by atoms with E-state index in [0.29, 0.717) is 0 Å². The summed E-state index contributed by atoms with van der Waals surface area (Å²) < 4.78 is 29.6. The summed E-state index contributed by atoms with van der Waals surface area (Å²) in [5, 5.41) is 2.60. The van der Waals surface area contributed by atoms with Gasteiger partial charge in [0.2, 0.25) is 5.91 Å². The lowest BCUT2D eigenvalue weighted by Crippen LogP contribution is -2.23. The first-order valence-electron chi connectivity index (χ1n) is 9.85. The van der Waals surface area contributed by atoms with Crippen LogP contribution in [0.4, 0.5) is 0 Å². The van der Waals surface area contributed by atoms with Gasteiger partial charge in [0, 0.05) is 6.54 Å². The molecule has 0 aromatic carbocycles. The zero-order valence-corrected chi connectivity index (χ0v) is 16.7. The number of hydrogen-bond acceptors (Lipinski definition) is 3.